The van der Waals surface area contributed by atoms with Crippen molar-refractivity contribution in [1.29, 1.82) is 0 Å². The lowest BCUT2D eigenvalue weighted by Crippen LogP contribution is -2.58. The first-order valence-electron chi connectivity index (χ1n) is 6.80. The van der Waals surface area contributed by atoms with Gasteiger partial charge in [0.25, 0.3) is 0 Å². The van der Waals surface area contributed by atoms with Crippen LogP contribution in [0.3, 0.4) is 0 Å². The van der Waals surface area contributed by atoms with Crippen LogP contribution in [0, 0.1) is 6.92 Å². The molecule has 1 aromatic rings. The maximum Gasteiger partial charge on any atom is 0.0396 e. The van der Waals surface area contributed by atoms with Gasteiger partial charge in [-0.15, -0.1) is 0 Å². The van der Waals surface area contributed by atoms with Gasteiger partial charge in [-0.2, -0.15) is 0 Å². The molecule has 0 amide bonds. The number of rotatable bonds is 3. The number of nitrogens with one attached hydrogen (secondary N) is 1. The van der Waals surface area contributed by atoms with E-state index in [1.54, 1.807) is 0 Å². The van der Waals surface area contributed by atoms with Gasteiger partial charge in [0.1, 0.15) is 0 Å². The Morgan fingerprint density at radius 1 is 1.22 bits per heavy atom. The lowest BCUT2D eigenvalue weighted by atomic mass is 10.1. The molecule has 0 spiro atoms. The Hall–Kier alpha value is -1.06. The summed E-state index contributed by atoms with van der Waals surface area (Å²) in [4.78, 5) is 4.99. The van der Waals surface area contributed by atoms with E-state index >= 15 is 0 Å². The first-order chi connectivity index (χ1) is 8.61. The number of aryl methyl sites for hydroxylation is 1. The summed E-state index contributed by atoms with van der Waals surface area (Å²) in [7, 11) is 4.27. The van der Waals surface area contributed by atoms with Gasteiger partial charge < -0.3 is 10.2 Å². The smallest absolute Gasteiger partial charge is 0.0396 e. The van der Waals surface area contributed by atoms with E-state index in [0.29, 0.717) is 12.1 Å². The second-order valence-corrected chi connectivity index (χ2v) is 5.47. The van der Waals surface area contributed by atoms with E-state index in [-0.39, 0.29) is 0 Å². The zero-order valence-electron chi connectivity index (χ0n) is 12.0. The molecule has 0 radical (unpaired) electrons. The molecule has 1 N–H and O–H groups in total. The molecule has 100 valence electrons. The van der Waals surface area contributed by atoms with Gasteiger partial charge in [0.15, 0.2) is 0 Å². The molecular formula is C15H25N3. The van der Waals surface area contributed by atoms with Gasteiger partial charge in [-0.3, -0.25) is 4.90 Å². The largest absolute Gasteiger partial charge is 0.368 e. The van der Waals surface area contributed by atoms with Crippen LogP contribution in [0.25, 0.3) is 0 Å². The first kappa shape index (κ1) is 13.4. The monoisotopic (exact) mass is 247 g/mol. The van der Waals surface area contributed by atoms with Crippen molar-refractivity contribution in [3.63, 3.8) is 0 Å². The molecule has 2 rings (SSSR count). The minimum atomic E-state index is 0.583. The summed E-state index contributed by atoms with van der Waals surface area (Å²) in [6.07, 6.45) is 0. The molecule has 0 bridgehead atoms. The van der Waals surface area contributed by atoms with Gasteiger partial charge in [-0.1, -0.05) is 17.7 Å². The van der Waals surface area contributed by atoms with Crippen molar-refractivity contribution in [1.82, 2.24) is 10.2 Å². The summed E-state index contributed by atoms with van der Waals surface area (Å²) >= 11 is 0. The van der Waals surface area contributed by atoms with Gasteiger partial charge >= 0.3 is 0 Å². The molecule has 18 heavy (non-hydrogen) atoms. The van der Waals surface area contributed by atoms with Crippen LogP contribution < -0.4 is 10.2 Å². The molecule has 2 unspecified atom stereocenters. The van der Waals surface area contributed by atoms with Crippen LogP contribution in [0.1, 0.15) is 12.5 Å². The first-order valence-corrected chi connectivity index (χ1v) is 6.80. The van der Waals surface area contributed by atoms with E-state index in [1.807, 2.05) is 7.05 Å². The van der Waals surface area contributed by atoms with E-state index < -0.39 is 0 Å². The SMILES string of the molecule is CNCC1CN(c2ccc(C)cc2)CC(C)N1C. The molecule has 0 saturated carbocycles. The Kier molecular flexibility index (Phi) is 4.25. The predicted octanol–water partition coefficient (Wildman–Crippen LogP) is 1.72. The zero-order valence-corrected chi connectivity index (χ0v) is 12.0. The van der Waals surface area contributed by atoms with Crippen molar-refractivity contribution in [2.75, 3.05) is 38.6 Å². The molecule has 1 aliphatic rings. The molecule has 1 saturated heterocycles. The number of nitrogens with zero attached hydrogens (tertiary/aromatic N) is 2. The maximum absolute atomic E-state index is 3.30. The Morgan fingerprint density at radius 2 is 1.89 bits per heavy atom. The molecule has 2 atom stereocenters. The molecule has 3 heteroatoms. The van der Waals surface area contributed by atoms with E-state index in [2.05, 4.69) is 60.3 Å². The highest BCUT2D eigenvalue weighted by molar-refractivity contribution is 5.48. The predicted molar refractivity (Wildman–Crippen MR) is 78.3 cm³/mol. The van der Waals surface area contributed by atoms with Gasteiger partial charge in [0.05, 0.1) is 0 Å². The minimum absolute atomic E-state index is 0.583. The van der Waals surface area contributed by atoms with Crippen molar-refractivity contribution in [2.45, 2.75) is 25.9 Å². The lowest BCUT2D eigenvalue weighted by molar-refractivity contribution is 0.157. The van der Waals surface area contributed by atoms with Gasteiger partial charge in [0, 0.05) is 37.4 Å². The topological polar surface area (TPSA) is 18.5 Å². The summed E-state index contributed by atoms with van der Waals surface area (Å²) in [5.74, 6) is 0. The van der Waals surface area contributed by atoms with Gasteiger partial charge in [0.2, 0.25) is 0 Å². The summed E-state index contributed by atoms with van der Waals surface area (Å²) in [5, 5.41) is 3.30. The van der Waals surface area contributed by atoms with Crippen LogP contribution in [0.2, 0.25) is 0 Å². The molecule has 1 heterocycles. The minimum Gasteiger partial charge on any atom is -0.368 e. The summed E-state index contributed by atoms with van der Waals surface area (Å²) in [5.41, 5.74) is 2.68. The van der Waals surface area contributed by atoms with Crippen LogP contribution in [0.15, 0.2) is 24.3 Å². The van der Waals surface area contributed by atoms with Crippen molar-refractivity contribution < 1.29 is 0 Å². The summed E-state index contributed by atoms with van der Waals surface area (Å²) < 4.78 is 0. The van der Waals surface area contributed by atoms with Crippen LogP contribution in [0.4, 0.5) is 5.69 Å². The number of hydrogen-bond acceptors (Lipinski definition) is 3. The Morgan fingerprint density at radius 3 is 2.50 bits per heavy atom. The van der Waals surface area contributed by atoms with Crippen LogP contribution in [-0.4, -0.2) is 50.7 Å². The average Bonchev–Trinajstić information content (AvgIpc) is 2.36. The fourth-order valence-corrected chi connectivity index (χ4v) is 2.68. The highest BCUT2D eigenvalue weighted by Crippen LogP contribution is 2.21. The van der Waals surface area contributed by atoms with E-state index in [9.17, 15) is 0 Å². The molecule has 3 nitrogen and oxygen atoms in total. The summed E-state index contributed by atoms with van der Waals surface area (Å²) in [6, 6.07) is 10.1. The number of anilines is 1. The third kappa shape index (κ3) is 2.85. The van der Waals surface area contributed by atoms with E-state index in [0.717, 1.165) is 19.6 Å². The van der Waals surface area contributed by atoms with Crippen LogP contribution in [-0.2, 0) is 0 Å². The quantitative estimate of drug-likeness (QED) is 0.877. The van der Waals surface area contributed by atoms with Crippen molar-refractivity contribution in [3.8, 4) is 0 Å². The number of likely N-dealkylation sites (N-methyl/N-ethyl adjacent to an activating group) is 2. The normalized spacial score (nSPS) is 25.4. The van der Waals surface area contributed by atoms with Gasteiger partial charge in [-0.25, -0.2) is 0 Å². The number of piperazine rings is 1. The molecule has 0 aromatic heterocycles. The Bertz CT molecular complexity index is 374. The third-order valence-corrected chi connectivity index (χ3v) is 4.03. The molecule has 1 aromatic carbocycles. The maximum atomic E-state index is 3.30. The molecule has 0 aliphatic carbocycles. The van der Waals surface area contributed by atoms with E-state index in [1.165, 1.54) is 11.3 Å². The summed E-state index contributed by atoms with van der Waals surface area (Å²) in [6.45, 7) is 7.71. The molecule has 1 aliphatic heterocycles. The zero-order chi connectivity index (χ0) is 13.1. The van der Waals surface area contributed by atoms with E-state index in [4.69, 9.17) is 0 Å². The van der Waals surface area contributed by atoms with Crippen molar-refractivity contribution in [2.24, 2.45) is 0 Å². The Labute approximate surface area is 111 Å². The van der Waals surface area contributed by atoms with Gasteiger partial charge in [-0.05, 0) is 40.1 Å². The van der Waals surface area contributed by atoms with Crippen LogP contribution in [0.5, 0.6) is 0 Å². The standard InChI is InChI=1S/C15H25N3/c1-12-5-7-14(8-6-12)18-10-13(2)17(4)15(11-18)9-16-3/h5-8,13,15-16H,9-11H2,1-4H3. The highest BCUT2D eigenvalue weighted by Gasteiger charge is 2.28. The third-order valence-electron chi connectivity index (χ3n) is 4.03. The second-order valence-electron chi connectivity index (χ2n) is 5.47. The number of benzene rings is 1. The van der Waals surface area contributed by atoms with Crippen LogP contribution >= 0.6 is 0 Å². The second kappa shape index (κ2) is 5.72. The lowest BCUT2D eigenvalue weighted by Gasteiger charge is -2.45. The fourth-order valence-electron chi connectivity index (χ4n) is 2.68. The highest BCUT2D eigenvalue weighted by atomic mass is 15.3. The average molecular weight is 247 g/mol. The Balaban J connectivity index is 2.12. The molecule has 1 fully saturated rings. The molecular weight excluding hydrogens is 222 g/mol. The fraction of sp³-hybridized carbons (Fsp3) is 0.600. The van der Waals surface area contributed by atoms with Crippen molar-refractivity contribution >= 4 is 5.69 Å². The van der Waals surface area contributed by atoms with Crippen molar-refractivity contribution in [3.05, 3.63) is 29.8 Å². The number of hydrogen-bond donors (Lipinski definition) is 1.